The molecule has 39 heavy (non-hydrogen) atoms. The van der Waals surface area contributed by atoms with Crippen LogP contribution in [0.15, 0.2) is 36.4 Å². The Hall–Kier alpha value is -4.29. The van der Waals surface area contributed by atoms with E-state index in [1.807, 2.05) is 12.1 Å². The van der Waals surface area contributed by atoms with Gasteiger partial charge < -0.3 is 14.6 Å². The second-order valence-electron chi connectivity index (χ2n) is 10.2. The summed E-state index contributed by atoms with van der Waals surface area (Å²) in [4.78, 5) is 10.7. The first-order valence-electron chi connectivity index (χ1n) is 13.8. The van der Waals surface area contributed by atoms with E-state index < -0.39 is 5.97 Å². The number of carboxylic acid groups (broad SMARTS) is 1. The number of hydrogen-bond donors (Lipinski definition) is 1. The molecule has 0 amide bonds. The van der Waals surface area contributed by atoms with Crippen LogP contribution in [0.2, 0.25) is 0 Å². The molecule has 6 heteroatoms. The SMILES string of the molecule is CCCOc1ccc2c(c1)CCc1c(C#N)c(C#N)c3c(c1-2)-c1ccc(OCCCCCC(=O)O)cc1CC3. The van der Waals surface area contributed by atoms with Crippen LogP contribution in [0.1, 0.15) is 72.4 Å². The summed E-state index contributed by atoms with van der Waals surface area (Å²) in [5.41, 5.74) is 9.73. The van der Waals surface area contributed by atoms with Gasteiger partial charge in [-0.15, -0.1) is 0 Å². The summed E-state index contributed by atoms with van der Waals surface area (Å²) >= 11 is 0. The van der Waals surface area contributed by atoms with Gasteiger partial charge in [0, 0.05) is 6.42 Å². The Morgan fingerprint density at radius 2 is 1.33 bits per heavy atom. The molecule has 0 unspecified atom stereocenters. The third kappa shape index (κ3) is 5.20. The van der Waals surface area contributed by atoms with Crippen LogP contribution in [-0.4, -0.2) is 24.3 Å². The van der Waals surface area contributed by atoms with Crippen LogP contribution in [0.3, 0.4) is 0 Å². The van der Waals surface area contributed by atoms with Crippen LogP contribution in [0.4, 0.5) is 0 Å². The number of nitrogens with zero attached hydrogens (tertiary/aromatic N) is 2. The third-order valence-electron chi connectivity index (χ3n) is 7.69. The highest BCUT2D eigenvalue weighted by atomic mass is 16.5. The molecule has 0 saturated carbocycles. The summed E-state index contributed by atoms with van der Waals surface area (Å²) in [7, 11) is 0. The molecule has 2 aliphatic rings. The molecule has 198 valence electrons. The Bertz CT molecular complexity index is 1510. The monoisotopic (exact) mass is 520 g/mol. The highest BCUT2D eigenvalue weighted by molar-refractivity contribution is 5.95. The highest BCUT2D eigenvalue weighted by Gasteiger charge is 2.32. The van der Waals surface area contributed by atoms with Crippen molar-refractivity contribution in [1.29, 1.82) is 10.5 Å². The van der Waals surface area contributed by atoms with Crippen molar-refractivity contribution in [3.8, 4) is 45.9 Å². The number of aliphatic carboxylic acids is 1. The third-order valence-corrected chi connectivity index (χ3v) is 7.69. The number of carboxylic acids is 1. The lowest BCUT2D eigenvalue weighted by Gasteiger charge is -2.31. The first-order chi connectivity index (χ1) is 19.0. The Morgan fingerprint density at radius 1 is 0.795 bits per heavy atom. The summed E-state index contributed by atoms with van der Waals surface area (Å²) in [5, 5.41) is 29.1. The molecular weight excluding hydrogens is 488 g/mol. The van der Waals surface area contributed by atoms with Crippen LogP contribution in [0, 0.1) is 22.7 Å². The highest BCUT2D eigenvalue weighted by Crippen LogP contribution is 2.49. The number of hydrogen-bond acceptors (Lipinski definition) is 5. The first kappa shape index (κ1) is 26.3. The number of unbranched alkanes of at least 4 members (excludes halogenated alkanes) is 2. The average molecular weight is 521 g/mol. The smallest absolute Gasteiger partial charge is 0.303 e. The molecule has 0 bridgehead atoms. The van der Waals surface area contributed by atoms with Crippen molar-refractivity contribution >= 4 is 5.97 Å². The van der Waals surface area contributed by atoms with E-state index in [-0.39, 0.29) is 6.42 Å². The normalized spacial score (nSPS) is 12.7. The quantitative estimate of drug-likeness (QED) is 0.296. The number of ether oxygens (including phenoxy) is 2. The fraction of sp³-hybridized carbons (Fsp3) is 0.364. The number of aryl methyl sites for hydroxylation is 2. The molecule has 0 aliphatic heterocycles. The van der Waals surface area contributed by atoms with E-state index >= 15 is 0 Å². The van der Waals surface area contributed by atoms with Crippen molar-refractivity contribution in [2.75, 3.05) is 13.2 Å². The number of carbonyl (C=O) groups is 1. The summed E-state index contributed by atoms with van der Waals surface area (Å²) < 4.78 is 11.9. The minimum atomic E-state index is -0.762. The van der Waals surface area contributed by atoms with Gasteiger partial charge in [0.1, 0.15) is 23.6 Å². The number of benzene rings is 3. The van der Waals surface area contributed by atoms with Crippen LogP contribution in [0.25, 0.3) is 22.3 Å². The first-order valence-corrected chi connectivity index (χ1v) is 13.8. The molecule has 3 aromatic carbocycles. The van der Waals surface area contributed by atoms with Crippen molar-refractivity contribution < 1.29 is 19.4 Å². The fourth-order valence-corrected chi connectivity index (χ4v) is 5.90. The van der Waals surface area contributed by atoms with E-state index in [9.17, 15) is 15.3 Å². The predicted molar refractivity (Wildman–Crippen MR) is 149 cm³/mol. The molecule has 2 aliphatic carbocycles. The van der Waals surface area contributed by atoms with Crippen molar-refractivity contribution in [3.05, 3.63) is 69.8 Å². The summed E-state index contributed by atoms with van der Waals surface area (Å²) in [6.07, 6.45) is 6.40. The largest absolute Gasteiger partial charge is 0.494 e. The van der Waals surface area contributed by atoms with Crippen molar-refractivity contribution in [3.63, 3.8) is 0 Å². The van der Waals surface area contributed by atoms with E-state index in [0.29, 0.717) is 43.6 Å². The van der Waals surface area contributed by atoms with Crippen LogP contribution in [-0.2, 0) is 30.5 Å². The number of nitriles is 2. The molecule has 0 heterocycles. The van der Waals surface area contributed by atoms with Gasteiger partial charge >= 0.3 is 5.97 Å². The summed E-state index contributed by atoms with van der Waals surface area (Å²) in [6, 6.07) is 17.2. The Morgan fingerprint density at radius 3 is 1.82 bits per heavy atom. The van der Waals surface area contributed by atoms with Crippen molar-refractivity contribution in [2.45, 2.75) is 64.7 Å². The molecule has 6 nitrogen and oxygen atoms in total. The van der Waals surface area contributed by atoms with Gasteiger partial charge in [-0.25, -0.2) is 0 Å². The van der Waals surface area contributed by atoms with Crippen molar-refractivity contribution in [2.24, 2.45) is 0 Å². The average Bonchev–Trinajstić information content (AvgIpc) is 2.95. The van der Waals surface area contributed by atoms with Gasteiger partial charge in [-0.05, 0) is 120 Å². The number of fused-ring (bicyclic) bond motifs is 7. The number of rotatable bonds is 10. The Balaban J connectivity index is 1.53. The molecule has 0 atom stereocenters. The lowest BCUT2D eigenvalue weighted by molar-refractivity contribution is -0.137. The molecule has 0 radical (unpaired) electrons. The van der Waals surface area contributed by atoms with E-state index in [0.717, 1.165) is 77.0 Å². The zero-order valence-corrected chi connectivity index (χ0v) is 22.3. The minimum Gasteiger partial charge on any atom is -0.494 e. The molecule has 1 N–H and O–H groups in total. The van der Waals surface area contributed by atoms with Crippen LogP contribution < -0.4 is 9.47 Å². The molecule has 3 aromatic rings. The fourth-order valence-electron chi connectivity index (χ4n) is 5.90. The van der Waals surface area contributed by atoms with E-state index in [1.165, 1.54) is 11.1 Å². The minimum absolute atomic E-state index is 0.191. The van der Waals surface area contributed by atoms with E-state index in [1.54, 1.807) is 0 Å². The topological polar surface area (TPSA) is 103 Å². The lowest BCUT2D eigenvalue weighted by Crippen LogP contribution is -2.16. The second kappa shape index (κ2) is 11.6. The van der Waals surface area contributed by atoms with Gasteiger partial charge in [-0.2, -0.15) is 10.5 Å². The molecule has 0 fully saturated rings. The summed E-state index contributed by atoms with van der Waals surface area (Å²) in [5.74, 6) is 0.909. The van der Waals surface area contributed by atoms with Gasteiger partial charge in [-0.3, -0.25) is 4.79 Å². The maximum atomic E-state index is 10.7. The van der Waals surface area contributed by atoms with Gasteiger partial charge in [0.2, 0.25) is 0 Å². The molecule has 0 aromatic heterocycles. The van der Waals surface area contributed by atoms with Gasteiger partial charge in [0.15, 0.2) is 0 Å². The zero-order valence-electron chi connectivity index (χ0n) is 22.3. The van der Waals surface area contributed by atoms with E-state index in [2.05, 4.69) is 43.3 Å². The molecule has 5 rings (SSSR count). The maximum absolute atomic E-state index is 10.7. The maximum Gasteiger partial charge on any atom is 0.303 e. The Kier molecular flexibility index (Phi) is 7.84. The lowest BCUT2D eigenvalue weighted by atomic mass is 9.72. The van der Waals surface area contributed by atoms with Gasteiger partial charge in [0.25, 0.3) is 0 Å². The molecule has 0 spiro atoms. The molecule has 0 saturated heterocycles. The van der Waals surface area contributed by atoms with E-state index in [4.69, 9.17) is 14.6 Å². The standard InChI is InChI=1S/C33H32N2O4/c1-2-15-38-23-9-13-25-21(17-23)7-11-27-29(19-34)30(20-35)28-12-8-22-18-24(10-14-26(22)33(28)32(25)27)39-16-5-3-4-6-31(36)37/h9-10,13-14,17-18H,2-8,11-12,15-16H2,1H3,(H,36,37). The van der Waals surface area contributed by atoms with Crippen LogP contribution in [0.5, 0.6) is 11.5 Å². The second-order valence-corrected chi connectivity index (χ2v) is 10.2. The van der Waals surface area contributed by atoms with Crippen LogP contribution >= 0.6 is 0 Å². The van der Waals surface area contributed by atoms with Gasteiger partial charge in [-0.1, -0.05) is 19.1 Å². The molecular formula is C33H32N2O4. The zero-order chi connectivity index (χ0) is 27.4. The Labute approximate surface area is 229 Å². The summed E-state index contributed by atoms with van der Waals surface area (Å²) in [6.45, 7) is 3.31. The predicted octanol–water partition coefficient (Wildman–Crippen LogP) is 6.77. The van der Waals surface area contributed by atoms with Crippen molar-refractivity contribution in [1.82, 2.24) is 0 Å². The van der Waals surface area contributed by atoms with Gasteiger partial charge in [0.05, 0.1) is 24.3 Å².